The second-order valence-corrected chi connectivity index (χ2v) is 11.6. The van der Waals surface area contributed by atoms with Crippen molar-refractivity contribution < 1.29 is 4.42 Å². The van der Waals surface area contributed by atoms with Gasteiger partial charge in [-0.2, -0.15) is 0 Å². The number of aryl methyl sites for hydroxylation is 4. The van der Waals surface area contributed by atoms with Crippen LogP contribution in [0, 0.1) is 0 Å². The van der Waals surface area contributed by atoms with Gasteiger partial charge in [0.05, 0.1) is 0 Å². The molecule has 206 valence electrons. The molecule has 7 aromatic rings. The summed E-state index contributed by atoms with van der Waals surface area (Å²) in [5.74, 6) is 0. The average molecular weight is 555 g/mol. The Balaban J connectivity index is 1.25. The molecule has 3 heteroatoms. The van der Waals surface area contributed by atoms with Gasteiger partial charge in [0.2, 0.25) is 0 Å². The Morgan fingerprint density at radius 1 is 0.372 bits per heavy atom. The zero-order valence-corrected chi connectivity index (χ0v) is 23.8. The summed E-state index contributed by atoms with van der Waals surface area (Å²) in [6.45, 7) is 0. The summed E-state index contributed by atoms with van der Waals surface area (Å²) >= 11 is 0. The zero-order valence-electron chi connectivity index (χ0n) is 23.8. The molecule has 0 spiro atoms. The lowest BCUT2D eigenvalue weighted by molar-refractivity contribution is 0.669. The maximum atomic E-state index is 6.43. The molecule has 2 aliphatic heterocycles. The number of para-hydroxylation sites is 4. The standard InChI is InChI=1S/C40H30N2O/c1-5-13-35-27(9-1)17-18-28-10-2-6-14-36(28)41(35)31-21-23-39-33(25-31)34-26-32(22-24-40(34)43-39)42-37-15-7-3-11-29(37)19-20-30-12-4-8-16-38(30)42/h1-16,21-26H,17-20H2. The second-order valence-electron chi connectivity index (χ2n) is 11.6. The van der Waals surface area contributed by atoms with E-state index in [0.717, 1.165) is 59.0 Å². The monoisotopic (exact) mass is 554 g/mol. The van der Waals surface area contributed by atoms with Crippen molar-refractivity contribution in [1.82, 2.24) is 0 Å². The number of rotatable bonds is 2. The van der Waals surface area contributed by atoms with Gasteiger partial charge < -0.3 is 14.2 Å². The van der Waals surface area contributed by atoms with E-state index in [4.69, 9.17) is 4.42 Å². The molecular weight excluding hydrogens is 524 g/mol. The fourth-order valence-corrected chi connectivity index (χ4v) is 7.15. The van der Waals surface area contributed by atoms with E-state index in [1.54, 1.807) is 0 Å². The number of hydrogen-bond donors (Lipinski definition) is 0. The quantitative estimate of drug-likeness (QED) is 0.212. The van der Waals surface area contributed by atoms with Gasteiger partial charge in [-0.1, -0.05) is 72.8 Å². The predicted octanol–water partition coefficient (Wildman–Crippen LogP) is 10.7. The van der Waals surface area contributed by atoms with Crippen LogP contribution in [0.15, 0.2) is 138 Å². The molecule has 0 N–H and O–H groups in total. The largest absolute Gasteiger partial charge is 0.456 e. The summed E-state index contributed by atoms with van der Waals surface area (Å²) in [5.41, 5.74) is 14.6. The van der Waals surface area contributed by atoms with E-state index in [0.29, 0.717) is 0 Å². The van der Waals surface area contributed by atoms with Crippen molar-refractivity contribution in [2.24, 2.45) is 0 Å². The van der Waals surface area contributed by atoms with E-state index in [-0.39, 0.29) is 0 Å². The van der Waals surface area contributed by atoms with E-state index < -0.39 is 0 Å². The molecule has 0 amide bonds. The number of nitrogens with zero attached hydrogens (tertiary/aromatic N) is 2. The Morgan fingerprint density at radius 3 is 1.05 bits per heavy atom. The minimum atomic E-state index is 0.906. The van der Waals surface area contributed by atoms with Crippen LogP contribution in [0.5, 0.6) is 0 Å². The number of hydrogen-bond acceptors (Lipinski definition) is 3. The van der Waals surface area contributed by atoms with Crippen molar-refractivity contribution in [3.8, 4) is 0 Å². The molecule has 6 aromatic carbocycles. The minimum Gasteiger partial charge on any atom is -0.456 e. The highest BCUT2D eigenvalue weighted by molar-refractivity contribution is 6.08. The number of benzene rings is 6. The summed E-state index contributed by atoms with van der Waals surface area (Å²) in [4.78, 5) is 4.86. The Kier molecular flexibility index (Phi) is 5.45. The Hall–Kier alpha value is -5.28. The van der Waals surface area contributed by atoms with Crippen LogP contribution >= 0.6 is 0 Å². The van der Waals surface area contributed by atoms with Gasteiger partial charge in [0.1, 0.15) is 11.2 Å². The van der Waals surface area contributed by atoms with Crippen LogP contribution in [0.4, 0.5) is 34.1 Å². The smallest absolute Gasteiger partial charge is 0.135 e. The van der Waals surface area contributed by atoms with E-state index in [1.807, 2.05) is 0 Å². The van der Waals surface area contributed by atoms with Gasteiger partial charge >= 0.3 is 0 Å². The molecule has 0 saturated carbocycles. The predicted molar refractivity (Wildman–Crippen MR) is 178 cm³/mol. The highest BCUT2D eigenvalue weighted by Crippen LogP contribution is 2.46. The third kappa shape index (κ3) is 3.89. The van der Waals surface area contributed by atoms with Crippen LogP contribution in [0.2, 0.25) is 0 Å². The van der Waals surface area contributed by atoms with Gasteiger partial charge in [-0.3, -0.25) is 0 Å². The molecule has 0 aliphatic carbocycles. The van der Waals surface area contributed by atoms with E-state index >= 15 is 0 Å². The number of anilines is 6. The van der Waals surface area contributed by atoms with Crippen LogP contribution in [0.3, 0.4) is 0 Å². The van der Waals surface area contributed by atoms with Crippen LogP contribution in [-0.2, 0) is 25.7 Å². The van der Waals surface area contributed by atoms with Gasteiger partial charge in [0, 0.05) is 44.9 Å². The molecular formula is C40H30N2O. The topological polar surface area (TPSA) is 19.6 Å². The first-order valence-corrected chi connectivity index (χ1v) is 15.2. The van der Waals surface area contributed by atoms with Crippen molar-refractivity contribution in [3.05, 3.63) is 156 Å². The van der Waals surface area contributed by atoms with Crippen molar-refractivity contribution in [3.63, 3.8) is 0 Å². The first kappa shape index (κ1) is 24.3. The molecule has 9 rings (SSSR count). The fourth-order valence-electron chi connectivity index (χ4n) is 7.15. The summed E-state index contributed by atoms with van der Waals surface area (Å²) < 4.78 is 6.43. The molecule has 1 aromatic heterocycles. The molecule has 0 fully saturated rings. The van der Waals surface area contributed by atoms with E-state index in [2.05, 4.69) is 143 Å². The van der Waals surface area contributed by atoms with E-state index in [9.17, 15) is 0 Å². The molecule has 2 aliphatic rings. The zero-order chi connectivity index (χ0) is 28.3. The highest BCUT2D eigenvalue weighted by atomic mass is 16.3. The lowest BCUT2D eigenvalue weighted by Crippen LogP contribution is -2.11. The molecule has 3 heterocycles. The summed E-state index contributed by atoms with van der Waals surface area (Å²) in [7, 11) is 0. The molecule has 0 radical (unpaired) electrons. The molecule has 0 unspecified atom stereocenters. The molecule has 0 bridgehead atoms. The normalized spacial score (nSPS) is 14.0. The summed E-state index contributed by atoms with van der Waals surface area (Å²) in [6, 6.07) is 48.6. The van der Waals surface area contributed by atoms with Crippen molar-refractivity contribution in [1.29, 1.82) is 0 Å². The van der Waals surface area contributed by atoms with Crippen LogP contribution in [0.25, 0.3) is 21.9 Å². The van der Waals surface area contributed by atoms with Gasteiger partial charge in [0.15, 0.2) is 0 Å². The minimum absolute atomic E-state index is 0.906. The Morgan fingerprint density at radius 2 is 0.698 bits per heavy atom. The Labute approximate surface area is 251 Å². The lowest BCUT2D eigenvalue weighted by Gasteiger charge is -2.27. The fraction of sp³-hybridized carbons (Fsp3) is 0.100. The van der Waals surface area contributed by atoms with Gasteiger partial charge in [-0.25, -0.2) is 0 Å². The lowest BCUT2D eigenvalue weighted by atomic mass is 10.0. The molecule has 0 saturated heterocycles. The van der Waals surface area contributed by atoms with Crippen LogP contribution in [-0.4, -0.2) is 0 Å². The maximum Gasteiger partial charge on any atom is 0.135 e. The molecule has 43 heavy (non-hydrogen) atoms. The van der Waals surface area contributed by atoms with Crippen molar-refractivity contribution in [2.45, 2.75) is 25.7 Å². The van der Waals surface area contributed by atoms with Crippen molar-refractivity contribution >= 4 is 56.1 Å². The molecule has 3 nitrogen and oxygen atoms in total. The second kappa shape index (κ2) is 9.64. The van der Waals surface area contributed by atoms with Gasteiger partial charge in [-0.15, -0.1) is 0 Å². The molecule has 0 atom stereocenters. The summed E-state index contributed by atoms with van der Waals surface area (Å²) in [6.07, 6.45) is 4.12. The third-order valence-electron chi connectivity index (χ3n) is 9.21. The highest BCUT2D eigenvalue weighted by Gasteiger charge is 2.25. The summed E-state index contributed by atoms with van der Waals surface area (Å²) in [5, 5.41) is 2.26. The van der Waals surface area contributed by atoms with Gasteiger partial charge in [-0.05, 0) is 109 Å². The van der Waals surface area contributed by atoms with Crippen molar-refractivity contribution in [2.75, 3.05) is 9.80 Å². The first-order chi connectivity index (χ1) is 21.3. The third-order valence-corrected chi connectivity index (χ3v) is 9.21. The SMILES string of the molecule is c1ccc2c(c1)CCc1ccccc1N2c1ccc2oc3ccc(N4c5ccccc5CCc5ccccc54)cc3c2c1. The van der Waals surface area contributed by atoms with Crippen LogP contribution < -0.4 is 9.80 Å². The number of furan rings is 1. The first-order valence-electron chi connectivity index (χ1n) is 15.2. The number of fused-ring (bicyclic) bond motifs is 7. The van der Waals surface area contributed by atoms with Crippen LogP contribution in [0.1, 0.15) is 22.3 Å². The Bertz CT molecular complexity index is 1930. The maximum absolute atomic E-state index is 6.43. The van der Waals surface area contributed by atoms with E-state index in [1.165, 1.54) is 45.0 Å². The van der Waals surface area contributed by atoms with Gasteiger partial charge in [0.25, 0.3) is 0 Å². The average Bonchev–Trinajstić information content (AvgIpc) is 3.21.